The molecular formula is C14H19BrO2S. The molecule has 2 atom stereocenters. The van der Waals surface area contributed by atoms with Crippen molar-refractivity contribution < 1.29 is 8.42 Å². The maximum Gasteiger partial charge on any atom is 0.150 e. The van der Waals surface area contributed by atoms with Crippen molar-refractivity contribution in [3.8, 4) is 0 Å². The first kappa shape index (κ1) is 14.1. The third-order valence-electron chi connectivity index (χ3n) is 3.52. The van der Waals surface area contributed by atoms with Crippen molar-refractivity contribution >= 4 is 25.8 Å². The Morgan fingerprint density at radius 1 is 1.33 bits per heavy atom. The summed E-state index contributed by atoms with van der Waals surface area (Å²) in [5.41, 5.74) is 2.54. The molecule has 0 aliphatic carbocycles. The van der Waals surface area contributed by atoms with Gasteiger partial charge in [-0.1, -0.05) is 53.5 Å². The Labute approximate surface area is 118 Å². The van der Waals surface area contributed by atoms with Crippen molar-refractivity contribution in [2.45, 2.75) is 31.0 Å². The SMILES string of the molecule is CCCc1ccc(C(Br)C2CCS(=O)(=O)C2)cc1. The quantitative estimate of drug-likeness (QED) is 0.791. The van der Waals surface area contributed by atoms with E-state index in [4.69, 9.17) is 0 Å². The zero-order valence-electron chi connectivity index (χ0n) is 10.6. The third-order valence-corrected chi connectivity index (χ3v) is 6.59. The molecule has 1 aliphatic rings. The molecule has 1 fully saturated rings. The number of hydrogen-bond acceptors (Lipinski definition) is 2. The summed E-state index contributed by atoms with van der Waals surface area (Å²) in [5.74, 6) is 0.875. The van der Waals surface area contributed by atoms with Gasteiger partial charge in [-0.05, 0) is 29.9 Å². The molecule has 1 aliphatic heterocycles. The van der Waals surface area contributed by atoms with Crippen molar-refractivity contribution in [1.82, 2.24) is 0 Å². The van der Waals surface area contributed by atoms with Crippen LogP contribution in [0.25, 0.3) is 0 Å². The molecule has 0 radical (unpaired) electrons. The Kier molecular flexibility index (Phi) is 4.49. The number of benzene rings is 1. The molecule has 100 valence electrons. The second-order valence-electron chi connectivity index (χ2n) is 5.06. The lowest BCUT2D eigenvalue weighted by atomic mass is 9.97. The molecule has 1 aromatic carbocycles. The van der Waals surface area contributed by atoms with E-state index in [0.717, 1.165) is 19.3 Å². The average molecular weight is 331 g/mol. The van der Waals surface area contributed by atoms with Gasteiger partial charge in [0.1, 0.15) is 0 Å². The molecule has 1 aromatic rings. The van der Waals surface area contributed by atoms with Crippen LogP contribution in [0.4, 0.5) is 0 Å². The summed E-state index contributed by atoms with van der Waals surface area (Å²) in [7, 11) is -2.80. The highest BCUT2D eigenvalue weighted by Gasteiger charge is 2.33. The molecule has 4 heteroatoms. The predicted molar refractivity (Wildman–Crippen MR) is 78.9 cm³/mol. The highest BCUT2D eigenvalue weighted by molar-refractivity contribution is 9.09. The maximum atomic E-state index is 11.5. The molecule has 0 amide bonds. The Morgan fingerprint density at radius 3 is 2.50 bits per heavy atom. The van der Waals surface area contributed by atoms with Crippen LogP contribution in [0.1, 0.15) is 35.7 Å². The molecule has 1 saturated heterocycles. The minimum atomic E-state index is -2.80. The monoisotopic (exact) mass is 330 g/mol. The molecular weight excluding hydrogens is 312 g/mol. The van der Waals surface area contributed by atoms with Crippen LogP contribution in [0, 0.1) is 5.92 Å². The fourth-order valence-corrected chi connectivity index (χ4v) is 5.33. The van der Waals surface area contributed by atoms with E-state index in [1.165, 1.54) is 11.1 Å². The average Bonchev–Trinajstić information content (AvgIpc) is 2.70. The standard InChI is InChI=1S/C14H19BrO2S/c1-2-3-11-4-6-12(7-5-11)14(15)13-8-9-18(16,17)10-13/h4-7,13-14H,2-3,8-10H2,1H3. The lowest BCUT2D eigenvalue weighted by molar-refractivity contribution is 0.579. The lowest BCUT2D eigenvalue weighted by Gasteiger charge is -2.16. The van der Waals surface area contributed by atoms with Gasteiger partial charge in [0, 0.05) is 4.83 Å². The summed E-state index contributed by atoms with van der Waals surface area (Å²) in [6.45, 7) is 2.17. The number of alkyl halides is 1. The summed E-state index contributed by atoms with van der Waals surface area (Å²) in [5, 5.41) is 0. The van der Waals surface area contributed by atoms with Crippen molar-refractivity contribution in [3.05, 3.63) is 35.4 Å². The Hall–Kier alpha value is -0.350. The van der Waals surface area contributed by atoms with E-state index in [2.05, 4.69) is 47.1 Å². The van der Waals surface area contributed by atoms with Gasteiger partial charge in [0.05, 0.1) is 11.5 Å². The fraction of sp³-hybridized carbons (Fsp3) is 0.571. The van der Waals surface area contributed by atoms with Crippen LogP contribution in [0.2, 0.25) is 0 Å². The van der Waals surface area contributed by atoms with Crippen LogP contribution in [0.5, 0.6) is 0 Å². The Balaban J connectivity index is 2.07. The van der Waals surface area contributed by atoms with Gasteiger partial charge < -0.3 is 0 Å². The minimum Gasteiger partial charge on any atom is -0.229 e. The van der Waals surface area contributed by atoms with E-state index in [1.807, 2.05) is 0 Å². The Morgan fingerprint density at radius 2 is 2.00 bits per heavy atom. The fourth-order valence-electron chi connectivity index (χ4n) is 2.48. The normalized spacial score (nSPS) is 24.0. The topological polar surface area (TPSA) is 34.1 Å². The molecule has 0 bridgehead atoms. The van der Waals surface area contributed by atoms with Crippen LogP contribution < -0.4 is 0 Å². The summed E-state index contributed by atoms with van der Waals surface area (Å²) < 4.78 is 23.0. The van der Waals surface area contributed by atoms with Crippen LogP contribution in [0.3, 0.4) is 0 Å². The number of hydrogen-bond donors (Lipinski definition) is 0. The van der Waals surface area contributed by atoms with Gasteiger partial charge in [-0.3, -0.25) is 0 Å². The summed E-state index contributed by atoms with van der Waals surface area (Å²) >= 11 is 3.66. The second-order valence-corrected chi connectivity index (χ2v) is 8.27. The minimum absolute atomic E-state index is 0.158. The second kappa shape index (κ2) is 5.74. The van der Waals surface area contributed by atoms with E-state index in [1.54, 1.807) is 0 Å². The molecule has 2 unspecified atom stereocenters. The van der Waals surface area contributed by atoms with Gasteiger partial charge in [-0.2, -0.15) is 0 Å². The molecule has 0 aromatic heterocycles. The van der Waals surface area contributed by atoms with Crippen molar-refractivity contribution in [2.24, 2.45) is 5.92 Å². The van der Waals surface area contributed by atoms with E-state index >= 15 is 0 Å². The van der Waals surface area contributed by atoms with Gasteiger partial charge in [-0.25, -0.2) is 8.42 Å². The van der Waals surface area contributed by atoms with Gasteiger partial charge in [0.15, 0.2) is 9.84 Å². The van der Waals surface area contributed by atoms with Gasteiger partial charge >= 0.3 is 0 Å². The first-order chi connectivity index (χ1) is 8.52. The number of sulfone groups is 1. The smallest absolute Gasteiger partial charge is 0.150 e. The van der Waals surface area contributed by atoms with Crippen LogP contribution in [-0.2, 0) is 16.3 Å². The molecule has 2 nitrogen and oxygen atoms in total. The highest BCUT2D eigenvalue weighted by Crippen LogP contribution is 2.37. The van der Waals surface area contributed by atoms with Gasteiger partial charge in [-0.15, -0.1) is 0 Å². The zero-order valence-corrected chi connectivity index (χ0v) is 13.0. The number of halogens is 1. The first-order valence-electron chi connectivity index (χ1n) is 6.45. The van der Waals surface area contributed by atoms with Crippen molar-refractivity contribution in [3.63, 3.8) is 0 Å². The van der Waals surface area contributed by atoms with Gasteiger partial charge in [0.2, 0.25) is 0 Å². The lowest BCUT2D eigenvalue weighted by Crippen LogP contribution is -2.10. The summed E-state index contributed by atoms with van der Waals surface area (Å²) in [6, 6.07) is 8.54. The largest absolute Gasteiger partial charge is 0.229 e. The van der Waals surface area contributed by atoms with Crippen LogP contribution in [0.15, 0.2) is 24.3 Å². The molecule has 0 N–H and O–H groups in total. The number of aryl methyl sites for hydroxylation is 1. The maximum absolute atomic E-state index is 11.5. The Bertz CT molecular complexity index is 493. The molecule has 0 saturated carbocycles. The molecule has 0 spiro atoms. The predicted octanol–water partition coefficient (Wildman–Crippen LogP) is 3.51. The van der Waals surface area contributed by atoms with Crippen LogP contribution in [-0.4, -0.2) is 19.9 Å². The zero-order chi connectivity index (χ0) is 13.2. The van der Waals surface area contributed by atoms with Crippen LogP contribution >= 0.6 is 15.9 Å². The molecule has 2 rings (SSSR count). The molecule has 1 heterocycles. The first-order valence-corrected chi connectivity index (χ1v) is 9.19. The highest BCUT2D eigenvalue weighted by atomic mass is 79.9. The number of rotatable bonds is 4. The summed E-state index contributed by atoms with van der Waals surface area (Å²) in [4.78, 5) is 0.158. The van der Waals surface area contributed by atoms with E-state index in [0.29, 0.717) is 11.5 Å². The van der Waals surface area contributed by atoms with Gasteiger partial charge in [0.25, 0.3) is 0 Å². The van der Waals surface area contributed by atoms with Crippen molar-refractivity contribution in [1.29, 1.82) is 0 Å². The molecule has 18 heavy (non-hydrogen) atoms. The van der Waals surface area contributed by atoms with Crippen molar-refractivity contribution in [2.75, 3.05) is 11.5 Å². The van der Waals surface area contributed by atoms with E-state index < -0.39 is 9.84 Å². The third kappa shape index (κ3) is 3.35. The summed E-state index contributed by atoms with van der Waals surface area (Å²) in [6.07, 6.45) is 3.03. The van der Waals surface area contributed by atoms with E-state index in [9.17, 15) is 8.42 Å². The van der Waals surface area contributed by atoms with E-state index in [-0.39, 0.29) is 10.7 Å².